The first-order valence-electron chi connectivity index (χ1n) is 4.90. The fourth-order valence-electron chi connectivity index (χ4n) is 1.58. The second kappa shape index (κ2) is 3.86. The quantitative estimate of drug-likeness (QED) is 0.799. The normalized spacial score (nSPS) is 10.9. The number of nitrogens with one attached hydrogen (secondary N) is 1. The van der Waals surface area contributed by atoms with Gasteiger partial charge in [-0.05, 0) is 20.0 Å². The molecule has 2 rings (SSSR count). The number of rotatable bonds is 3. The van der Waals surface area contributed by atoms with Gasteiger partial charge in [0.05, 0.1) is 17.6 Å². The molecular weight excluding hydrogens is 190 g/mol. The highest BCUT2D eigenvalue weighted by molar-refractivity contribution is 5.32. The number of nitrogens with zero attached hydrogens (tertiary/aromatic N) is 4. The van der Waals surface area contributed by atoms with Gasteiger partial charge in [0.2, 0.25) is 0 Å². The van der Waals surface area contributed by atoms with E-state index in [2.05, 4.69) is 15.5 Å². The summed E-state index contributed by atoms with van der Waals surface area (Å²) >= 11 is 0. The predicted molar refractivity (Wildman–Crippen MR) is 57.8 cm³/mol. The van der Waals surface area contributed by atoms with E-state index in [1.807, 2.05) is 44.2 Å². The molecule has 15 heavy (non-hydrogen) atoms. The van der Waals surface area contributed by atoms with E-state index in [1.54, 1.807) is 4.68 Å². The van der Waals surface area contributed by atoms with Crippen LogP contribution in [-0.2, 0) is 13.6 Å². The summed E-state index contributed by atoms with van der Waals surface area (Å²) in [5.74, 6) is 0. The molecule has 0 bridgehead atoms. The highest BCUT2D eigenvalue weighted by atomic mass is 15.3. The smallest absolute Gasteiger partial charge is 0.105 e. The first kappa shape index (κ1) is 9.92. The Bertz CT molecular complexity index is 454. The summed E-state index contributed by atoms with van der Waals surface area (Å²) in [5, 5.41) is 11.8. The second-order valence-electron chi connectivity index (χ2n) is 3.56. The fourth-order valence-corrected chi connectivity index (χ4v) is 1.58. The van der Waals surface area contributed by atoms with E-state index in [9.17, 15) is 0 Å². The summed E-state index contributed by atoms with van der Waals surface area (Å²) in [7, 11) is 3.82. The van der Waals surface area contributed by atoms with Gasteiger partial charge in [-0.3, -0.25) is 4.68 Å². The molecule has 2 heterocycles. The van der Waals surface area contributed by atoms with Gasteiger partial charge in [-0.2, -0.15) is 10.2 Å². The van der Waals surface area contributed by atoms with Crippen molar-refractivity contribution in [3.05, 3.63) is 29.8 Å². The van der Waals surface area contributed by atoms with E-state index in [1.165, 1.54) is 0 Å². The van der Waals surface area contributed by atoms with Crippen LogP contribution in [0.25, 0.3) is 5.69 Å². The molecule has 0 saturated heterocycles. The molecule has 1 N–H and O–H groups in total. The Balaban J connectivity index is 2.32. The van der Waals surface area contributed by atoms with Gasteiger partial charge in [-0.15, -0.1) is 0 Å². The Morgan fingerprint density at radius 2 is 2.20 bits per heavy atom. The summed E-state index contributed by atoms with van der Waals surface area (Å²) in [5.41, 5.74) is 3.04. The topological polar surface area (TPSA) is 47.7 Å². The highest BCUT2D eigenvalue weighted by Crippen LogP contribution is 2.10. The van der Waals surface area contributed by atoms with Gasteiger partial charge in [0.1, 0.15) is 5.69 Å². The minimum atomic E-state index is 0.784. The van der Waals surface area contributed by atoms with Gasteiger partial charge >= 0.3 is 0 Å². The lowest BCUT2D eigenvalue weighted by Crippen LogP contribution is -2.06. The minimum absolute atomic E-state index is 0.784. The summed E-state index contributed by atoms with van der Waals surface area (Å²) in [6.45, 7) is 2.76. The summed E-state index contributed by atoms with van der Waals surface area (Å²) in [6, 6.07) is 2.00. The lowest BCUT2D eigenvalue weighted by atomic mass is 10.4. The fraction of sp³-hybridized carbons (Fsp3) is 0.400. The van der Waals surface area contributed by atoms with E-state index in [0.29, 0.717) is 0 Å². The standard InChI is InChI=1S/C10H15N5/c1-8-10(7-14(3)12-8)15-5-4-9(13-15)6-11-2/h4-5,7,11H,6H2,1-3H3. The number of aromatic nitrogens is 4. The largest absolute Gasteiger partial charge is 0.314 e. The van der Waals surface area contributed by atoms with E-state index in [0.717, 1.165) is 23.6 Å². The van der Waals surface area contributed by atoms with Gasteiger partial charge < -0.3 is 5.32 Å². The summed E-state index contributed by atoms with van der Waals surface area (Å²) in [4.78, 5) is 0. The van der Waals surface area contributed by atoms with Gasteiger partial charge in [0.25, 0.3) is 0 Å². The Morgan fingerprint density at radius 3 is 2.80 bits per heavy atom. The number of hydrogen-bond donors (Lipinski definition) is 1. The minimum Gasteiger partial charge on any atom is -0.314 e. The molecule has 0 saturated carbocycles. The molecule has 80 valence electrons. The molecule has 0 unspecified atom stereocenters. The van der Waals surface area contributed by atoms with Gasteiger partial charge in [0, 0.05) is 19.8 Å². The average Bonchev–Trinajstić information content (AvgIpc) is 2.73. The van der Waals surface area contributed by atoms with Crippen molar-refractivity contribution in [2.75, 3.05) is 7.05 Å². The molecule has 0 aliphatic heterocycles. The zero-order valence-electron chi connectivity index (χ0n) is 9.23. The zero-order valence-corrected chi connectivity index (χ0v) is 9.23. The van der Waals surface area contributed by atoms with Crippen LogP contribution in [0.3, 0.4) is 0 Å². The SMILES string of the molecule is CNCc1ccn(-c2cn(C)nc2C)n1. The van der Waals surface area contributed by atoms with Crippen LogP contribution in [0.15, 0.2) is 18.5 Å². The van der Waals surface area contributed by atoms with Crippen LogP contribution in [0.2, 0.25) is 0 Å². The van der Waals surface area contributed by atoms with Crippen LogP contribution in [0.4, 0.5) is 0 Å². The lowest BCUT2D eigenvalue weighted by molar-refractivity contribution is 0.752. The average molecular weight is 205 g/mol. The molecule has 0 radical (unpaired) electrons. The van der Waals surface area contributed by atoms with E-state index in [4.69, 9.17) is 0 Å². The molecule has 0 aromatic carbocycles. The second-order valence-corrected chi connectivity index (χ2v) is 3.56. The maximum atomic E-state index is 4.45. The molecule has 0 fully saturated rings. The van der Waals surface area contributed by atoms with Gasteiger partial charge in [0.15, 0.2) is 0 Å². The van der Waals surface area contributed by atoms with Crippen LogP contribution in [0.1, 0.15) is 11.4 Å². The molecule has 0 aliphatic rings. The maximum Gasteiger partial charge on any atom is 0.105 e. The Labute approximate surface area is 88.7 Å². The van der Waals surface area contributed by atoms with Crippen molar-refractivity contribution in [1.29, 1.82) is 0 Å². The molecule has 5 heteroatoms. The third kappa shape index (κ3) is 1.92. The molecule has 0 atom stereocenters. The van der Waals surface area contributed by atoms with Crippen LogP contribution in [0.5, 0.6) is 0 Å². The Kier molecular flexibility index (Phi) is 2.55. The van der Waals surface area contributed by atoms with Crippen LogP contribution in [0, 0.1) is 6.92 Å². The first-order valence-corrected chi connectivity index (χ1v) is 4.90. The van der Waals surface area contributed by atoms with Crippen molar-refractivity contribution in [2.45, 2.75) is 13.5 Å². The number of aryl methyl sites for hydroxylation is 2. The first-order chi connectivity index (χ1) is 7.20. The Hall–Kier alpha value is -1.62. The van der Waals surface area contributed by atoms with Crippen molar-refractivity contribution in [1.82, 2.24) is 24.9 Å². The van der Waals surface area contributed by atoms with Crippen LogP contribution in [-0.4, -0.2) is 26.6 Å². The van der Waals surface area contributed by atoms with E-state index >= 15 is 0 Å². The zero-order chi connectivity index (χ0) is 10.8. The maximum absolute atomic E-state index is 4.45. The summed E-state index contributed by atoms with van der Waals surface area (Å²) < 4.78 is 3.65. The molecular formula is C10H15N5. The monoisotopic (exact) mass is 205 g/mol. The highest BCUT2D eigenvalue weighted by Gasteiger charge is 2.06. The lowest BCUT2D eigenvalue weighted by Gasteiger charge is -1.97. The molecule has 0 amide bonds. The third-order valence-corrected chi connectivity index (χ3v) is 2.24. The van der Waals surface area contributed by atoms with E-state index in [-0.39, 0.29) is 0 Å². The number of hydrogen-bond acceptors (Lipinski definition) is 3. The third-order valence-electron chi connectivity index (χ3n) is 2.24. The molecule has 2 aromatic rings. The van der Waals surface area contributed by atoms with Gasteiger partial charge in [-0.1, -0.05) is 0 Å². The molecule has 0 spiro atoms. The van der Waals surface area contributed by atoms with E-state index < -0.39 is 0 Å². The van der Waals surface area contributed by atoms with Crippen molar-refractivity contribution < 1.29 is 0 Å². The molecule has 5 nitrogen and oxygen atoms in total. The molecule has 2 aromatic heterocycles. The van der Waals surface area contributed by atoms with Crippen LogP contribution >= 0.6 is 0 Å². The van der Waals surface area contributed by atoms with Gasteiger partial charge in [-0.25, -0.2) is 4.68 Å². The molecule has 0 aliphatic carbocycles. The van der Waals surface area contributed by atoms with Crippen LogP contribution < -0.4 is 5.32 Å². The summed E-state index contributed by atoms with van der Waals surface area (Å²) in [6.07, 6.45) is 3.92. The van der Waals surface area contributed by atoms with Crippen molar-refractivity contribution in [3.63, 3.8) is 0 Å². The Morgan fingerprint density at radius 1 is 1.40 bits per heavy atom. The predicted octanol–water partition coefficient (Wildman–Crippen LogP) is 0.634. The van der Waals surface area contributed by atoms with Crippen molar-refractivity contribution in [2.24, 2.45) is 7.05 Å². The van der Waals surface area contributed by atoms with Crippen molar-refractivity contribution in [3.8, 4) is 5.69 Å². The van der Waals surface area contributed by atoms with Crippen molar-refractivity contribution >= 4 is 0 Å².